The van der Waals surface area contributed by atoms with Crippen molar-refractivity contribution < 1.29 is 77.0 Å². The first-order valence-corrected chi connectivity index (χ1v) is 25.0. The maximum atomic E-state index is 14.4. The lowest BCUT2D eigenvalue weighted by Crippen LogP contribution is -2.61. The van der Waals surface area contributed by atoms with E-state index in [0.717, 1.165) is 5.56 Å². The molecule has 0 saturated carbocycles. The summed E-state index contributed by atoms with van der Waals surface area (Å²) in [6.07, 6.45) is -1.76. The van der Waals surface area contributed by atoms with Gasteiger partial charge in [0.2, 0.25) is 47.3 Å². The number of rotatable bonds is 32. The molecular weight excluding hydrogens is 978 g/mol. The van der Waals surface area contributed by atoms with Gasteiger partial charge in [0, 0.05) is 12.8 Å². The molecule has 0 saturated heterocycles. The predicted octanol–water partition coefficient (Wildman–Crippen LogP) is -0.741. The summed E-state index contributed by atoms with van der Waals surface area (Å²) in [4.78, 5) is 149. The van der Waals surface area contributed by atoms with E-state index >= 15 is 0 Å². The van der Waals surface area contributed by atoms with Crippen molar-refractivity contribution in [2.75, 3.05) is 6.54 Å². The first kappa shape index (κ1) is 62.2. The third-order valence-corrected chi connectivity index (χ3v) is 11.3. The largest absolute Gasteiger partial charge is 0.524 e. The number of nitrogens with one attached hydrogen (secondary N) is 7. The fraction of sp³-hybridized carbons (Fsp3) is 0.532. The number of nitrogens with two attached hydrogens (primary N) is 2. The molecule has 2 rings (SSSR count). The number of carboxylic acid groups (broad SMARTS) is 2. The van der Waals surface area contributed by atoms with Crippen molar-refractivity contribution >= 4 is 67.0 Å². The zero-order chi connectivity index (χ0) is 55.2. The van der Waals surface area contributed by atoms with Gasteiger partial charge in [0.25, 0.3) is 0 Å². The SMILES string of the molecule is CC(C)C[C@H](NC(=O)[C@H](CC(N)=O)NC(=O)[C@H](Cc1ccc(OP(=O)(O)O)cc1)NC(=O)C(CCc1ccccc1)NC(=O)[C@@H](NC(=O)[C@@H](N)CC(C)C)C(C)C)C(=O)NCC(=O)N[C@@H](CCC(=O)O)C(=O)O. The summed E-state index contributed by atoms with van der Waals surface area (Å²) in [6, 6.07) is 4.02. The minimum atomic E-state index is -4.97. The van der Waals surface area contributed by atoms with E-state index in [1.807, 2.05) is 13.8 Å². The Balaban J connectivity index is 2.52. The quantitative estimate of drug-likeness (QED) is 0.0401. The van der Waals surface area contributed by atoms with Crippen LogP contribution in [0.25, 0.3) is 0 Å². The molecule has 0 aromatic heterocycles. The molecule has 404 valence electrons. The maximum Gasteiger partial charge on any atom is 0.524 e. The predicted molar refractivity (Wildman–Crippen MR) is 262 cm³/mol. The van der Waals surface area contributed by atoms with Crippen LogP contribution in [0.5, 0.6) is 5.75 Å². The Morgan fingerprint density at radius 1 is 0.603 bits per heavy atom. The van der Waals surface area contributed by atoms with Crippen LogP contribution in [0.3, 0.4) is 0 Å². The van der Waals surface area contributed by atoms with Crippen LogP contribution in [-0.2, 0) is 65.4 Å². The highest BCUT2D eigenvalue weighted by Gasteiger charge is 2.35. The van der Waals surface area contributed by atoms with Gasteiger partial charge in [0.15, 0.2) is 0 Å². The number of hydrogen-bond donors (Lipinski definition) is 13. The minimum Gasteiger partial charge on any atom is -0.481 e. The van der Waals surface area contributed by atoms with Crippen molar-refractivity contribution in [1.82, 2.24) is 37.2 Å². The normalized spacial score (nSPS) is 14.2. The van der Waals surface area contributed by atoms with E-state index in [-0.39, 0.29) is 48.8 Å². The van der Waals surface area contributed by atoms with Crippen LogP contribution in [0.15, 0.2) is 54.6 Å². The van der Waals surface area contributed by atoms with Gasteiger partial charge < -0.3 is 63.4 Å². The van der Waals surface area contributed by atoms with Crippen molar-refractivity contribution in [3.8, 4) is 5.75 Å². The maximum absolute atomic E-state index is 14.4. The van der Waals surface area contributed by atoms with Gasteiger partial charge in [0.1, 0.15) is 42.0 Å². The summed E-state index contributed by atoms with van der Waals surface area (Å²) in [5, 5.41) is 35.5. The Bertz CT molecular complexity index is 2280. The number of carboxylic acids is 2. The summed E-state index contributed by atoms with van der Waals surface area (Å²) < 4.78 is 16.1. The average Bonchev–Trinajstić information content (AvgIpc) is 3.28. The van der Waals surface area contributed by atoms with E-state index < -0.39 is 141 Å². The van der Waals surface area contributed by atoms with E-state index in [0.29, 0.717) is 6.42 Å². The second-order valence-electron chi connectivity index (χ2n) is 18.6. The van der Waals surface area contributed by atoms with Crippen LogP contribution in [0, 0.1) is 17.8 Å². The molecule has 0 aliphatic heterocycles. The van der Waals surface area contributed by atoms with Crippen LogP contribution >= 0.6 is 7.82 Å². The lowest BCUT2D eigenvalue weighted by atomic mass is 9.98. The summed E-state index contributed by atoms with van der Waals surface area (Å²) in [5.74, 6) is -11.2. The number of amides is 8. The molecule has 1 unspecified atom stereocenters. The number of carbonyl (C=O) groups is 10. The standard InChI is InChI=1S/C47H70N9O16P/c1-25(2)20-31(48)41(61)56-40(27(5)6)46(66)52-32(17-14-28-10-8-7-9-11-28)43(63)54-35(22-29-12-15-30(16-13-29)72-73(69,70)71)44(64)55-36(23-37(49)57)45(65)53-34(21-26(3)4)42(62)50-24-38(58)51-33(47(67)68)18-19-39(59)60/h7-13,15-16,25-27,31-36,40H,14,17-24,48H2,1-6H3,(H2,49,57)(H,50,62)(H,51,58)(H,52,66)(H,53,65)(H,54,63)(H,55,64)(H,56,61)(H,59,60)(H,67,68)(H2,69,70,71)/t31-,32?,33-,34-,35-,36-,40-/m0/s1. The molecule has 0 bridgehead atoms. The van der Waals surface area contributed by atoms with Crippen molar-refractivity contribution in [2.45, 2.75) is 135 Å². The molecule has 2 aromatic carbocycles. The number of phosphoric acid groups is 1. The fourth-order valence-electron chi connectivity index (χ4n) is 7.16. The highest BCUT2D eigenvalue weighted by atomic mass is 31.2. The number of hydrogen-bond acceptors (Lipinski definition) is 13. The number of primary amides is 1. The number of carbonyl (C=O) groups excluding carboxylic acids is 8. The molecule has 0 heterocycles. The Morgan fingerprint density at radius 2 is 1.15 bits per heavy atom. The van der Waals surface area contributed by atoms with E-state index in [2.05, 4.69) is 41.7 Å². The summed E-state index contributed by atoms with van der Waals surface area (Å²) >= 11 is 0. The van der Waals surface area contributed by atoms with Crippen LogP contribution in [-0.4, -0.2) is 128 Å². The zero-order valence-corrected chi connectivity index (χ0v) is 42.5. The molecule has 0 fully saturated rings. The van der Waals surface area contributed by atoms with Gasteiger partial charge in [-0.2, -0.15) is 0 Å². The first-order chi connectivity index (χ1) is 34.0. The van der Waals surface area contributed by atoms with Crippen LogP contribution < -0.4 is 53.2 Å². The monoisotopic (exact) mass is 1050 g/mol. The van der Waals surface area contributed by atoms with E-state index in [1.165, 1.54) is 24.3 Å². The third-order valence-electron chi connectivity index (χ3n) is 10.8. The molecule has 73 heavy (non-hydrogen) atoms. The molecule has 2 aromatic rings. The van der Waals surface area contributed by atoms with Gasteiger partial charge >= 0.3 is 19.8 Å². The summed E-state index contributed by atoms with van der Waals surface area (Å²) in [6.45, 7) is 9.70. The van der Waals surface area contributed by atoms with Crippen LogP contribution in [0.1, 0.15) is 91.2 Å². The number of benzene rings is 2. The first-order valence-electron chi connectivity index (χ1n) is 23.5. The Kier molecular flexibility index (Phi) is 25.7. The van der Waals surface area contributed by atoms with Crippen molar-refractivity contribution in [1.29, 1.82) is 0 Å². The van der Waals surface area contributed by atoms with Gasteiger partial charge in [-0.3, -0.25) is 52.9 Å². The zero-order valence-electron chi connectivity index (χ0n) is 41.6. The third kappa shape index (κ3) is 24.4. The number of aryl methyl sites for hydroxylation is 1. The molecule has 0 aliphatic rings. The fourth-order valence-corrected chi connectivity index (χ4v) is 7.55. The highest BCUT2D eigenvalue weighted by Crippen LogP contribution is 2.37. The second kappa shape index (κ2) is 30.2. The Hall–Kier alpha value is -6.95. The van der Waals surface area contributed by atoms with Gasteiger partial charge in [-0.05, 0) is 73.1 Å². The van der Waals surface area contributed by atoms with Crippen LogP contribution in [0.2, 0.25) is 0 Å². The van der Waals surface area contributed by atoms with E-state index in [1.54, 1.807) is 58.0 Å². The van der Waals surface area contributed by atoms with Gasteiger partial charge in [-0.15, -0.1) is 0 Å². The Labute approximate surface area is 422 Å². The highest BCUT2D eigenvalue weighted by molar-refractivity contribution is 7.46. The van der Waals surface area contributed by atoms with Crippen molar-refractivity contribution in [2.24, 2.45) is 29.2 Å². The van der Waals surface area contributed by atoms with E-state index in [4.69, 9.17) is 16.6 Å². The van der Waals surface area contributed by atoms with Crippen LogP contribution in [0.4, 0.5) is 0 Å². The van der Waals surface area contributed by atoms with Gasteiger partial charge in [-0.1, -0.05) is 84.0 Å². The molecule has 0 spiro atoms. The van der Waals surface area contributed by atoms with Crippen molar-refractivity contribution in [3.05, 3.63) is 65.7 Å². The van der Waals surface area contributed by atoms with E-state index in [9.17, 15) is 67.4 Å². The molecule has 0 aliphatic carbocycles. The summed E-state index contributed by atoms with van der Waals surface area (Å²) in [5.41, 5.74) is 12.7. The number of aliphatic carboxylic acids is 2. The molecule has 7 atom stereocenters. The smallest absolute Gasteiger partial charge is 0.481 e. The molecule has 0 radical (unpaired) electrons. The molecular formula is C47H70N9O16P. The second-order valence-corrected chi connectivity index (χ2v) is 19.7. The summed E-state index contributed by atoms with van der Waals surface area (Å²) in [7, 11) is -4.97. The van der Waals surface area contributed by atoms with Gasteiger partial charge in [0.05, 0.1) is 19.0 Å². The average molecular weight is 1050 g/mol. The topological polar surface area (TPSA) is 414 Å². The Morgan fingerprint density at radius 3 is 1.68 bits per heavy atom. The molecule has 15 N–H and O–H groups in total. The molecule has 26 heteroatoms. The minimum absolute atomic E-state index is 0.0332. The number of phosphoric ester groups is 1. The molecule has 8 amide bonds. The molecule has 25 nitrogen and oxygen atoms in total. The lowest BCUT2D eigenvalue weighted by Gasteiger charge is -2.28. The van der Waals surface area contributed by atoms with Gasteiger partial charge in [-0.25, -0.2) is 9.36 Å². The van der Waals surface area contributed by atoms with Crippen molar-refractivity contribution in [3.63, 3.8) is 0 Å². The lowest BCUT2D eigenvalue weighted by molar-refractivity contribution is -0.143.